The molecule has 7 rings (SSSR count). The highest BCUT2D eigenvalue weighted by Crippen LogP contribution is 2.46. The van der Waals surface area contributed by atoms with E-state index in [-0.39, 0.29) is 24.4 Å². The normalized spacial score (nSPS) is 16.8. The van der Waals surface area contributed by atoms with Crippen LogP contribution in [0.2, 0.25) is 0 Å². The van der Waals surface area contributed by atoms with E-state index in [2.05, 4.69) is 84.1 Å². The summed E-state index contributed by atoms with van der Waals surface area (Å²) in [6.07, 6.45) is 0. The van der Waals surface area contributed by atoms with Gasteiger partial charge in [-0.1, -0.05) is 84.4 Å². The summed E-state index contributed by atoms with van der Waals surface area (Å²) >= 11 is 0. The van der Waals surface area contributed by atoms with Gasteiger partial charge < -0.3 is 19.3 Å². The van der Waals surface area contributed by atoms with Gasteiger partial charge in [0.15, 0.2) is 0 Å². The molecule has 6 heteroatoms. The van der Waals surface area contributed by atoms with E-state index < -0.39 is 0 Å². The first-order valence-corrected chi connectivity index (χ1v) is 14.6. The van der Waals surface area contributed by atoms with Crippen LogP contribution in [0.1, 0.15) is 33.1 Å². The summed E-state index contributed by atoms with van der Waals surface area (Å²) < 4.78 is 2.23. The first-order chi connectivity index (χ1) is 20.5. The van der Waals surface area contributed by atoms with Crippen LogP contribution in [0.3, 0.4) is 0 Å². The molecule has 0 radical (unpaired) electrons. The summed E-state index contributed by atoms with van der Waals surface area (Å²) in [6.45, 7) is 4.94. The van der Waals surface area contributed by atoms with Crippen LogP contribution in [-0.2, 0) is 11.8 Å². The van der Waals surface area contributed by atoms with Crippen molar-refractivity contribution in [3.8, 4) is 11.3 Å². The number of hydrogen-bond acceptors (Lipinski definition) is 3. The van der Waals surface area contributed by atoms with Gasteiger partial charge in [0.25, 0.3) is 5.91 Å². The molecule has 1 atom stereocenters. The third-order valence-electron chi connectivity index (χ3n) is 8.86. The molecule has 1 fully saturated rings. The van der Waals surface area contributed by atoms with Gasteiger partial charge in [-0.25, -0.2) is 0 Å². The standard InChI is InChI=1S/C36H34N4O2/c1-25-16-18-26(19-17-25)34-33(30-14-8-9-15-31(30)37(34)2)35-28-12-6-7-13-29(28)36(42)40(35)24-32(41)39-22-20-38(21-23-39)27-10-4-3-5-11-27/h3-19,35H,20-24H2,1-2H3. The highest BCUT2D eigenvalue weighted by molar-refractivity contribution is 6.03. The minimum absolute atomic E-state index is 0.00834. The van der Waals surface area contributed by atoms with Crippen molar-refractivity contribution in [2.45, 2.75) is 13.0 Å². The molecule has 2 amide bonds. The number of rotatable bonds is 5. The molecule has 0 saturated carbocycles. The average Bonchev–Trinajstić information content (AvgIpc) is 3.48. The van der Waals surface area contributed by atoms with Crippen LogP contribution in [0, 0.1) is 6.92 Å². The fourth-order valence-electron chi connectivity index (χ4n) is 6.70. The van der Waals surface area contributed by atoms with Crippen LogP contribution in [-0.4, -0.2) is 58.9 Å². The van der Waals surface area contributed by atoms with E-state index in [4.69, 9.17) is 0 Å². The molecule has 0 spiro atoms. The SMILES string of the molecule is Cc1ccc(-c2c(C3c4ccccc4C(=O)N3CC(=O)N3CCN(c4ccccc4)CC3)c3ccccc3n2C)cc1. The van der Waals surface area contributed by atoms with E-state index in [1.807, 2.05) is 47.4 Å². The molecule has 5 aromatic rings. The van der Waals surface area contributed by atoms with E-state index >= 15 is 0 Å². The lowest BCUT2D eigenvalue weighted by molar-refractivity contribution is -0.132. The van der Waals surface area contributed by atoms with Crippen molar-refractivity contribution in [3.05, 3.63) is 125 Å². The van der Waals surface area contributed by atoms with Crippen molar-refractivity contribution in [1.29, 1.82) is 0 Å². The maximum atomic E-state index is 14.0. The number of aromatic nitrogens is 1. The Morgan fingerprint density at radius 2 is 1.45 bits per heavy atom. The predicted octanol–water partition coefficient (Wildman–Crippen LogP) is 6.05. The summed E-state index contributed by atoms with van der Waals surface area (Å²) in [5, 5.41) is 1.10. The van der Waals surface area contributed by atoms with Gasteiger partial charge in [-0.15, -0.1) is 0 Å². The lowest BCUT2D eigenvalue weighted by Crippen LogP contribution is -2.51. The number of piperazine rings is 1. The fraction of sp³-hybridized carbons (Fsp3) is 0.222. The second kappa shape index (κ2) is 10.5. The Balaban J connectivity index is 1.27. The number of nitrogens with zero attached hydrogens (tertiary/aromatic N) is 4. The lowest BCUT2D eigenvalue weighted by atomic mass is 9.93. The molecule has 2 aliphatic heterocycles. The fourth-order valence-corrected chi connectivity index (χ4v) is 6.70. The van der Waals surface area contributed by atoms with Crippen LogP contribution >= 0.6 is 0 Å². The Kier molecular flexibility index (Phi) is 6.54. The van der Waals surface area contributed by atoms with Gasteiger partial charge in [-0.3, -0.25) is 9.59 Å². The quantitative estimate of drug-likeness (QED) is 0.266. The number of benzene rings is 4. The maximum absolute atomic E-state index is 14.0. The minimum Gasteiger partial charge on any atom is -0.368 e. The van der Waals surface area contributed by atoms with Crippen molar-refractivity contribution < 1.29 is 9.59 Å². The van der Waals surface area contributed by atoms with Gasteiger partial charge in [-0.05, 0) is 42.3 Å². The van der Waals surface area contributed by atoms with E-state index in [0.29, 0.717) is 18.7 Å². The number of anilines is 1. The zero-order chi connectivity index (χ0) is 28.8. The number of amides is 2. The summed E-state index contributed by atoms with van der Waals surface area (Å²) in [4.78, 5) is 33.9. The van der Waals surface area contributed by atoms with Gasteiger partial charge in [0.2, 0.25) is 5.91 Å². The molecule has 2 aliphatic rings. The van der Waals surface area contributed by atoms with Crippen LogP contribution in [0.4, 0.5) is 5.69 Å². The van der Waals surface area contributed by atoms with Gasteiger partial charge in [0, 0.05) is 60.9 Å². The zero-order valence-corrected chi connectivity index (χ0v) is 24.0. The summed E-state index contributed by atoms with van der Waals surface area (Å²) in [5.41, 5.74) is 8.32. The molecule has 0 bridgehead atoms. The second-order valence-corrected chi connectivity index (χ2v) is 11.3. The van der Waals surface area contributed by atoms with Gasteiger partial charge >= 0.3 is 0 Å². The van der Waals surface area contributed by atoms with Crippen molar-refractivity contribution in [1.82, 2.24) is 14.4 Å². The molecular weight excluding hydrogens is 520 g/mol. The number of carbonyl (C=O) groups is 2. The molecule has 42 heavy (non-hydrogen) atoms. The van der Waals surface area contributed by atoms with E-state index in [1.54, 1.807) is 4.90 Å². The van der Waals surface area contributed by atoms with E-state index in [0.717, 1.165) is 46.4 Å². The largest absolute Gasteiger partial charge is 0.368 e. The number of fused-ring (bicyclic) bond motifs is 2. The third kappa shape index (κ3) is 4.35. The molecular formula is C36H34N4O2. The van der Waals surface area contributed by atoms with Crippen molar-refractivity contribution >= 4 is 28.4 Å². The van der Waals surface area contributed by atoms with Crippen molar-refractivity contribution in [2.24, 2.45) is 7.05 Å². The second-order valence-electron chi connectivity index (χ2n) is 11.3. The highest BCUT2D eigenvalue weighted by Gasteiger charge is 2.42. The van der Waals surface area contributed by atoms with Gasteiger partial charge in [0.1, 0.15) is 6.54 Å². The number of carbonyl (C=O) groups excluding carboxylic acids is 2. The summed E-state index contributed by atoms with van der Waals surface area (Å²) in [7, 11) is 2.09. The smallest absolute Gasteiger partial charge is 0.255 e. The molecule has 6 nitrogen and oxygen atoms in total. The molecule has 1 aromatic heterocycles. The first-order valence-electron chi connectivity index (χ1n) is 14.6. The van der Waals surface area contributed by atoms with Crippen molar-refractivity contribution in [2.75, 3.05) is 37.6 Å². The molecule has 0 N–H and O–H groups in total. The Hall–Kier alpha value is -4.84. The predicted molar refractivity (Wildman–Crippen MR) is 168 cm³/mol. The molecule has 0 aliphatic carbocycles. The van der Waals surface area contributed by atoms with Crippen LogP contribution in [0.5, 0.6) is 0 Å². The van der Waals surface area contributed by atoms with Crippen LogP contribution in [0.15, 0.2) is 103 Å². The molecule has 4 aromatic carbocycles. The monoisotopic (exact) mass is 554 g/mol. The van der Waals surface area contributed by atoms with Crippen LogP contribution in [0.25, 0.3) is 22.2 Å². The highest BCUT2D eigenvalue weighted by atomic mass is 16.2. The van der Waals surface area contributed by atoms with Crippen molar-refractivity contribution in [3.63, 3.8) is 0 Å². The maximum Gasteiger partial charge on any atom is 0.255 e. The zero-order valence-electron chi connectivity index (χ0n) is 24.0. The summed E-state index contributed by atoms with van der Waals surface area (Å²) in [5.74, 6) is -0.0966. The number of para-hydroxylation sites is 2. The van der Waals surface area contributed by atoms with Crippen LogP contribution < -0.4 is 4.90 Å². The average molecular weight is 555 g/mol. The Morgan fingerprint density at radius 1 is 0.786 bits per heavy atom. The third-order valence-corrected chi connectivity index (χ3v) is 8.86. The summed E-state index contributed by atoms with van der Waals surface area (Å²) in [6, 6.07) is 34.7. The number of aryl methyl sites for hydroxylation is 2. The molecule has 1 unspecified atom stereocenters. The van der Waals surface area contributed by atoms with E-state index in [9.17, 15) is 9.59 Å². The Bertz CT molecular complexity index is 1780. The topological polar surface area (TPSA) is 48.8 Å². The van der Waals surface area contributed by atoms with Gasteiger partial charge in [0.05, 0.1) is 11.7 Å². The molecule has 210 valence electrons. The minimum atomic E-state index is -0.370. The molecule has 3 heterocycles. The van der Waals surface area contributed by atoms with E-state index in [1.165, 1.54) is 11.3 Å². The first kappa shape index (κ1) is 26.1. The Labute approximate surface area is 246 Å². The molecule has 1 saturated heterocycles. The number of hydrogen-bond donors (Lipinski definition) is 0. The lowest BCUT2D eigenvalue weighted by Gasteiger charge is -2.37. The Morgan fingerprint density at radius 3 is 2.21 bits per heavy atom. The van der Waals surface area contributed by atoms with Gasteiger partial charge in [-0.2, -0.15) is 0 Å².